The number of carbonyl (C=O) groups is 2. The monoisotopic (exact) mass is 500 g/mol. The van der Waals surface area contributed by atoms with Crippen LogP contribution in [0.1, 0.15) is 27.2 Å². The number of phenolic OH excluding ortho intramolecular Hbond substituents is 1. The van der Waals surface area contributed by atoms with Crippen LogP contribution in [0.25, 0.3) is 11.3 Å². The number of nitrogens with zero attached hydrogens (tertiary/aromatic N) is 3. The van der Waals surface area contributed by atoms with Gasteiger partial charge >= 0.3 is 0 Å². The molecule has 0 saturated heterocycles. The molecule has 3 aromatic carbocycles. The number of halogens is 1. The number of anilines is 1. The number of hydrogen-bond acceptors (Lipinski definition) is 6. The van der Waals surface area contributed by atoms with Crippen molar-refractivity contribution in [1.82, 2.24) is 10.5 Å². The van der Waals surface area contributed by atoms with Gasteiger partial charge in [-0.3, -0.25) is 9.59 Å². The third-order valence-electron chi connectivity index (χ3n) is 5.94. The van der Waals surface area contributed by atoms with Gasteiger partial charge < -0.3 is 19.8 Å². The zero-order chi connectivity index (χ0) is 25.4. The summed E-state index contributed by atoms with van der Waals surface area (Å²) in [6.07, 6.45) is -1.24. The van der Waals surface area contributed by atoms with Crippen molar-refractivity contribution in [3.05, 3.63) is 100 Å². The van der Waals surface area contributed by atoms with Crippen LogP contribution in [0.2, 0.25) is 5.02 Å². The van der Waals surface area contributed by atoms with E-state index in [1.54, 1.807) is 44.3 Å². The summed E-state index contributed by atoms with van der Waals surface area (Å²) in [5.74, 6) is -0.569. The van der Waals surface area contributed by atoms with Crippen molar-refractivity contribution in [2.75, 3.05) is 11.9 Å². The first-order chi connectivity index (χ1) is 17.3. The van der Waals surface area contributed by atoms with Crippen LogP contribution in [-0.2, 0) is 4.79 Å². The lowest BCUT2D eigenvalue weighted by Gasteiger charge is -2.21. The fourth-order valence-electron chi connectivity index (χ4n) is 4.12. The van der Waals surface area contributed by atoms with Crippen LogP contribution in [0.3, 0.4) is 0 Å². The molecule has 9 heteroatoms. The van der Waals surface area contributed by atoms with Gasteiger partial charge in [-0.1, -0.05) is 47.1 Å². The number of carbonyl (C=O) groups excluding carboxylic acids is 2. The summed E-state index contributed by atoms with van der Waals surface area (Å²) in [6.45, 7) is 1.64. The molecule has 2 heterocycles. The summed E-state index contributed by atoms with van der Waals surface area (Å²) < 4.78 is 5.32. The Balaban J connectivity index is 1.59. The minimum absolute atomic E-state index is 0.0914. The quantitative estimate of drug-likeness (QED) is 0.426. The SMILES string of the molecule is Cc1onc(-c2ccccc2)c1C(=O)NC1N=C(c2ccc(O)cc2)c2cc(Cl)ccc2N(C)C1=O. The largest absolute Gasteiger partial charge is 0.508 e. The number of aromatic hydroxyl groups is 1. The minimum Gasteiger partial charge on any atom is -0.508 e. The lowest BCUT2D eigenvalue weighted by atomic mass is 10.00. The van der Waals surface area contributed by atoms with E-state index in [-0.39, 0.29) is 11.3 Å². The van der Waals surface area contributed by atoms with Crippen molar-refractivity contribution in [2.45, 2.75) is 13.1 Å². The van der Waals surface area contributed by atoms with Crippen molar-refractivity contribution in [3.8, 4) is 17.0 Å². The molecule has 0 fully saturated rings. The number of nitrogens with one attached hydrogen (secondary N) is 1. The standard InChI is InChI=1S/C27H21ClN4O4/c1-15-22(24(31-36-15)16-6-4-3-5-7-16)26(34)30-25-27(35)32(2)21-13-10-18(28)14-20(21)23(29-25)17-8-11-19(33)12-9-17/h3-14,25,33H,1-2H3,(H,30,34). The Kier molecular flexibility index (Phi) is 6.03. The maximum absolute atomic E-state index is 13.5. The average molecular weight is 501 g/mol. The highest BCUT2D eigenvalue weighted by molar-refractivity contribution is 6.32. The van der Waals surface area contributed by atoms with Gasteiger partial charge in [0, 0.05) is 28.8 Å². The van der Waals surface area contributed by atoms with E-state index in [2.05, 4.69) is 15.5 Å². The van der Waals surface area contributed by atoms with Crippen LogP contribution in [0.15, 0.2) is 82.3 Å². The van der Waals surface area contributed by atoms with Crippen molar-refractivity contribution in [1.29, 1.82) is 0 Å². The molecule has 1 aromatic heterocycles. The Morgan fingerprint density at radius 1 is 1.06 bits per heavy atom. The number of rotatable bonds is 4. The third-order valence-corrected chi connectivity index (χ3v) is 6.18. The molecule has 5 rings (SSSR count). The van der Waals surface area contributed by atoms with Gasteiger partial charge in [0.25, 0.3) is 11.8 Å². The highest BCUT2D eigenvalue weighted by atomic mass is 35.5. The molecule has 180 valence electrons. The lowest BCUT2D eigenvalue weighted by molar-refractivity contribution is -0.119. The van der Waals surface area contributed by atoms with Crippen LogP contribution >= 0.6 is 11.6 Å². The molecular weight excluding hydrogens is 480 g/mol. The highest BCUT2D eigenvalue weighted by Gasteiger charge is 2.33. The van der Waals surface area contributed by atoms with E-state index in [4.69, 9.17) is 16.1 Å². The number of hydrogen-bond donors (Lipinski definition) is 2. The molecule has 36 heavy (non-hydrogen) atoms. The van der Waals surface area contributed by atoms with E-state index in [0.717, 1.165) is 0 Å². The first-order valence-corrected chi connectivity index (χ1v) is 11.5. The topological polar surface area (TPSA) is 108 Å². The van der Waals surface area contributed by atoms with E-state index in [1.165, 1.54) is 17.0 Å². The van der Waals surface area contributed by atoms with E-state index in [0.29, 0.717) is 44.6 Å². The van der Waals surface area contributed by atoms with Crippen molar-refractivity contribution >= 4 is 34.8 Å². The zero-order valence-electron chi connectivity index (χ0n) is 19.4. The molecule has 0 radical (unpaired) electrons. The van der Waals surface area contributed by atoms with E-state index in [1.807, 2.05) is 30.3 Å². The predicted molar refractivity (Wildman–Crippen MR) is 137 cm³/mol. The van der Waals surface area contributed by atoms with Gasteiger partial charge in [-0.25, -0.2) is 4.99 Å². The fourth-order valence-corrected chi connectivity index (χ4v) is 4.29. The smallest absolute Gasteiger partial charge is 0.272 e. The summed E-state index contributed by atoms with van der Waals surface area (Å²) in [7, 11) is 1.61. The summed E-state index contributed by atoms with van der Waals surface area (Å²) >= 11 is 6.29. The molecule has 8 nitrogen and oxygen atoms in total. The van der Waals surface area contributed by atoms with Crippen molar-refractivity contribution in [3.63, 3.8) is 0 Å². The minimum atomic E-state index is -1.24. The fraction of sp³-hybridized carbons (Fsp3) is 0.111. The number of aromatic nitrogens is 1. The van der Waals surface area contributed by atoms with Gasteiger partial charge in [-0.2, -0.15) is 0 Å². The predicted octanol–water partition coefficient (Wildman–Crippen LogP) is 4.58. The van der Waals surface area contributed by atoms with Crippen molar-refractivity contribution < 1.29 is 19.2 Å². The molecule has 4 aromatic rings. The summed E-state index contributed by atoms with van der Waals surface area (Å²) in [5, 5.41) is 17.0. The van der Waals surface area contributed by atoms with Crippen LogP contribution in [0, 0.1) is 6.92 Å². The zero-order valence-corrected chi connectivity index (χ0v) is 20.2. The molecule has 0 saturated carbocycles. The number of phenols is 1. The summed E-state index contributed by atoms with van der Waals surface area (Å²) in [4.78, 5) is 33.0. The number of aryl methyl sites for hydroxylation is 1. The maximum Gasteiger partial charge on any atom is 0.272 e. The van der Waals surface area contributed by atoms with Gasteiger partial charge in [0.15, 0.2) is 0 Å². The lowest BCUT2D eigenvalue weighted by Crippen LogP contribution is -2.46. The number of aliphatic imine (C=N–C) groups is 1. The van der Waals surface area contributed by atoms with Crippen LogP contribution in [0.5, 0.6) is 5.75 Å². The average Bonchev–Trinajstić information content (AvgIpc) is 3.24. The molecular formula is C27H21ClN4O4. The molecule has 1 aliphatic rings. The Hall–Kier alpha value is -4.43. The Morgan fingerprint density at radius 2 is 1.78 bits per heavy atom. The van der Waals surface area contributed by atoms with Crippen LogP contribution < -0.4 is 10.2 Å². The van der Waals surface area contributed by atoms with Gasteiger partial charge in [-0.05, 0) is 49.4 Å². The van der Waals surface area contributed by atoms with Crippen molar-refractivity contribution in [2.24, 2.45) is 4.99 Å². The number of likely N-dealkylation sites (N-methyl/N-ethyl adjacent to an activating group) is 1. The number of amides is 2. The molecule has 1 unspecified atom stereocenters. The van der Waals surface area contributed by atoms with E-state index < -0.39 is 18.0 Å². The Morgan fingerprint density at radius 3 is 2.50 bits per heavy atom. The van der Waals surface area contributed by atoms with Gasteiger partial charge in [0.05, 0.1) is 11.4 Å². The summed E-state index contributed by atoms with van der Waals surface area (Å²) in [5.41, 5.74) is 3.59. The first-order valence-electron chi connectivity index (χ1n) is 11.1. The molecule has 2 N–H and O–H groups in total. The second kappa shape index (κ2) is 9.31. The number of benzene rings is 3. The van der Waals surface area contributed by atoms with Gasteiger partial charge in [-0.15, -0.1) is 0 Å². The molecule has 0 bridgehead atoms. The number of fused-ring (bicyclic) bond motifs is 1. The normalized spacial score (nSPS) is 15.2. The highest BCUT2D eigenvalue weighted by Crippen LogP contribution is 2.31. The molecule has 0 spiro atoms. The van der Waals surface area contributed by atoms with E-state index in [9.17, 15) is 14.7 Å². The first kappa shape index (κ1) is 23.3. The Bertz CT molecular complexity index is 1500. The molecule has 2 amide bonds. The Labute approximate surface area is 211 Å². The van der Waals surface area contributed by atoms with E-state index >= 15 is 0 Å². The molecule has 0 aliphatic carbocycles. The second-order valence-corrected chi connectivity index (χ2v) is 8.72. The summed E-state index contributed by atoms with van der Waals surface area (Å²) in [6, 6.07) is 20.7. The van der Waals surface area contributed by atoms with Gasteiger partial charge in [0.2, 0.25) is 6.17 Å². The molecule has 1 atom stereocenters. The second-order valence-electron chi connectivity index (χ2n) is 8.29. The van der Waals surface area contributed by atoms with Crippen LogP contribution in [-0.4, -0.2) is 41.0 Å². The molecule has 1 aliphatic heterocycles. The van der Waals surface area contributed by atoms with Gasteiger partial charge in [0.1, 0.15) is 22.8 Å². The van der Waals surface area contributed by atoms with Crippen LogP contribution in [0.4, 0.5) is 5.69 Å². The third kappa shape index (κ3) is 4.23. The maximum atomic E-state index is 13.5. The number of benzodiazepines with no additional fused rings is 1.